The Kier molecular flexibility index (Phi) is 5.33. The van der Waals surface area contributed by atoms with Crippen molar-refractivity contribution in [2.75, 3.05) is 19.4 Å². The summed E-state index contributed by atoms with van der Waals surface area (Å²) in [6, 6.07) is 9.38. The van der Waals surface area contributed by atoms with Crippen LogP contribution in [0.3, 0.4) is 0 Å². The molecule has 0 unspecified atom stereocenters. The summed E-state index contributed by atoms with van der Waals surface area (Å²) in [4.78, 5) is 27.1. The molecule has 0 radical (unpaired) electrons. The Hall–Kier alpha value is -3.52. The van der Waals surface area contributed by atoms with Gasteiger partial charge in [0, 0.05) is 32.4 Å². The third-order valence-electron chi connectivity index (χ3n) is 5.19. The molecule has 0 spiro atoms. The van der Waals surface area contributed by atoms with E-state index < -0.39 is 6.04 Å². The smallest absolute Gasteiger partial charge is 0.255 e. The molecular formula is C22H22FN5O2. The van der Waals surface area contributed by atoms with Gasteiger partial charge in [-0.3, -0.25) is 14.7 Å². The third-order valence-corrected chi connectivity index (χ3v) is 5.19. The maximum Gasteiger partial charge on any atom is 0.255 e. The lowest BCUT2D eigenvalue weighted by molar-refractivity contribution is -0.118. The number of nitrogens with one attached hydrogen (secondary N) is 3. The van der Waals surface area contributed by atoms with Crippen molar-refractivity contribution < 1.29 is 14.0 Å². The van der Waals surface area contributed by atoms with Crippen molar-refractivity contribution >= 4 is 17.5 Å². The number of hydrogen-bond acceptors (Lipinski definition) is 4. The molecule has 2 aromatic carbocycles. The Morgan fingerprint density at radius 2 is 1.97 bits per heavy atom. The maximum absolute atomic E-state index is 13.6. The van der Waals surface area contributed by atoms with Crippen LogP contribution in [0, 0.1) is 5.82 Å². The highest BCUT2D eigenvalue weighted by Crippen LogP contribution is 2.26. The summed E-state index contributed by atoms with van der Waals surface area (Å²) in [6.07, 6.45) is 3.78. The largest absolute Gasteiger partial charge is 0.345 e. The Bertz CT molecular complexity index is 1090. The fourth-order valence-electron chi connectivity index (χ4n) is 3.55. The second kappa shape index (κ2) is 8.08. The van der Waals surface area contributed by atoms with Crippen molar-refractivity contribution in [3.8, 4) is 11.1 Å². The van der Waals surface area contributed by atoms with Crippen LogP contribution >= 0.6 is 0 Å². The minimum Gasteiger partial charge on any atom is -0.345 e. The SMILES string of the molecule is CN(C)C(=O)c1cc(-c2cn[nH]c2)ccc1NC(=O)[C@@H]1Cc2cc(F)ccc2CN1. The molecular weight excluding hydrogens is 385 g/mol. The Morgan fingerprint density at radius 3 is 2.70 bits per heavy atom. The Labute approximate surface area is 173 Å². The molecule has 2 heterocycles. The molecule has 0 saturated carbocycles. The summed E-state index contributed by atoms with van der Waals surface area (Å²) < 4.78 is 13.6. The van der Waals surface area contributed by atoms with Crippen molar-refractivity contribution in [2.24, 2.45) is 0 Å². The fourth-order valence-corrected chi connectivity index (χ4v) is 3.55. The number of aromatic amines is 1. The molecule has 0 saturated heterocycles. The van der Waals surface area contributed by atoms with E-state index in [4.69, 9.17) is 0 Å². The van der Waals surface area contributed by atoms with Crippen LogP contribution in [0.5, 0.6) is 0 Å². The van der Waals surface area contributed by atoms with E-state index >= 15 is 0 Å². The van der Waals surface area contributed by atoms with E-state index in [1.165, 1.54) is 17.0 Å². The summed E-state index contributed by atoms with van der Waals surface area (Å²) in [7, 11) is 3.32. The van der Waals surface area contributed by atoms with Gasteiger partial charge in [-0.15, -0.1) is 0 Å². The van der Waals surface area contributed by atoms with Gasteiger partial charge in [0.25, 0.3) is 5.91 Å². The van der Waals surface area contributed by atoms with Gasteiger partial charge in [0.2, 0.25) is 5.91 Å². The number of hydrogen-bond donors (Lipinski definition) is 3. The molecule has 3 N–H and O–H groups in total. The fraction of sp³-hybridized carbons (Fsp3) is 0.227. The van der Waals surface area contributed by atoms with E-state index in [0.29, 0.717) is 24.2 Å². The van der Waals surface area contributed by atoms with Crippen LogP contribution in [0.25, 0.3) is 11.1 Å². The van der Waals surface area contributed by atoms with Crippen LogP contribution in [-0.4, -0.2) is 47.0 Å². The van der Waals surface area contributed by atoms with E-state index in [0.717, 1.165) is 22.3 Å². The molecule has 0 bridgehead atoms. The molecule has 8 heteroatoms. The normalized spacial score (nSPS) is 15.4. The van der Waals surface area contributed by atoms with Gasteiger partial charge in [-0.2, -0.15) is 5.10 Å². The standard InChI is InChI=1S/C22H22FN5O2/c1-28(2)22(30)18-8-13(16-11-25-26-12-16)4-6-19(18)27-21(29)20-9-15-7-17(23)5-3-14(15)10-24-20/h3-8,11-12,20,24H,9-10H2,1-2H3,(H,25,26)(H,27,29)/t20-/m0/s1. The molecule has 154 valence electrons. The van der Waals surface area contributed by atoms with Crippen LogP contribution in [0.4, 0.5) is 10.1 Å². The first-order valence-corrected chi connectivity index (χ1v) is 9.59. The molecule has 0 fully saturated rings. The van der Waals surface area contributed by atoms with Crippen LogP contribution in [-0.2, 0) is 17.8 Å². The molecule has 0 aliphatic carbocycles. The van der Waals surface area contributed by atoms with Gasteiger partial charge in [0.15, 0.2) is 0 Å². The highest BCUT2D eigenvalue weighted by Gasteiger charge is 2.26. The minimum absolute atomic E-state index is 0.223. The van der Waals surface area contributed by atoms with Gasteiger partial charge in [-0.05, 0) is 47.4 Å². The number of aromatic nitrogens is 2. The number of fused-ring (bicyclic) bond motifs is 1. The number of carbonyl (C=O) groups excluding carboxylic acids is 2. The molecule has 1 aromatic heterocycles. The lowest BCUT2D eigenvalue weighted by Crippen LogP contribution is -2.45. The summed E-state index contributed by atoms with van der Waals surface area (Å²) in [5, 5.41) is 12.7. The van der Waals surface area contributed by atoms with E-state index in [1.807, 2.05) is 6.07 Å². The number of H-pyrrole nitrogens is 1. The molecule has 4 rings (SSSR count). The number of anilines is 1. The number of nitrogens with zero attached hydrogens (tertiary/aromatic N) is 2. The molecule has 3 aromatic rings. The lowest BCUT2D eigenvalue weighted by Gasteiger charge is -2.26. The van der Waals surface area contributed by atoms with Crippen LogP contribution in [0.1, 0.15) is 21.5 Å². The first kappa shape index (κ1) is 19.8. The highest BCUT2D eigenvalue weighted by atomic mass is 19.1. The lowest BCUT2D eigenvalue weighted by atomic mass is 9.95. The van der Waals surface area contributed by atoms with Crippen LogP contribution in [0.15, 0.2) is 48.8 Å². The first-order chi connectivity index (χ1) is 14.4. The second-order valence-corrected chi connectivity index (χ2v) is 7.49. The number of halogens is 1. The second-order valence-electron chi connectivity index (χ2n) is 7.49. The van der Waals surface area contributed by atoms with Crippen LogP contribution in [0.2, 0.25) is 0 Å². The first-order valence-electron chi connectivity index (χ1n) is 9.59. The van der Waals surface area contributed by atoms with Crippen molar-refractivity contribution in [3.05, 3.63) is 71.3 Å². The molecule has 2 amide bonds. The van der Waals surface area contributed by atoms with Crippen molar-refractivity contribution in [2.45, 2.75) is 19.0 Å². The van der Waals surface area contributed by atoms with Gasteiger partial charge in [-0.25, -0.2) is 4.39 Å². The highest BCUT2D eigenvalue weighted by molar-refractivity contribution is 6.05. The molecule has 1 atom stereocenters. The average Bonchev–Trinajstić information content (AvgIpc) is 3.27. The summed E-state index contributed by atoms with van der Waals surface area (Å²) in [5.41, 5.74) is 4.26. The number of amides is 2. The van der Waals surface area contributed by atoms with E-state index in [9.17, 15) is 14.0 Å². The van der Waals surface area contributed by atoms with Crippen molar-refractivity contribution in [1.29, 1.82) is 0 Å². The van der Waals surface area contributed by atoms with Gasteiger partial charge in [0.1, 0.15) is 5.82 Å². The molecule has 1 aliphatic heterocycles. The average molecular weight is 407 g/mol. The monoisotopic (exact) mass is 407 g/mol. The molecule has 7 nitrogen and oxygen atoms in total. The predicted octanol–water partition coefficient (Wildman–Crippen LogP) is 2.57. The zero-order valence-corrected chi connectivity index (χ0v) is 16.7. The summed E-state index contributed by atoms with van der Waals surface area (Å²) in [6.45, 7) is 0.483. The maximum atomic E-state index is 13.6. The van der Waals surface area contributed by atoms with E-state index in [-0.39, 0.29) is 17.6 Å². The third kappa shape index (κ3) is 3.95. The number of carbonyl (C=O) groups is 2. The van der Waals surface area contributed by atoms with Crippen molar-refractivity contribution in [1.82, 2.24) is 20.4 Å². The van der Waals surface area contributed by atoms with Gasteiger partial charge < -0.3 is 15.5 Å². The molecule has 30 heavy (non-hydrogen) atoms. The Balaban J connectivity index is 1.59. The topological polar surface area (TPSA) is 90.1 Å². The zero-order valence-electron chi connectivity index (χ0n) is 16.7. The Morgan fingerprint density at radius 1 is 1.13 bits per heavy atom. The predicted molar refractivity (Wildman–Crippen MR) is 111 cm³/mol. The summed E-state index contributed by atoms with van der Waals surface area (Å²) >= 11 is 0. The molecule has 1 aliphatic rings. The summed E-state index contributed by atoms with van der Waals surface area (Å²) in [5.74, 6) is -0.808. The van der Waals surface area contributed by atoms with E-state index in [2.05, 4.69) is 20.8 Å². The van der Waals surface area contributed by atoms with Crippen molar-refractivity contribution in [3.63, 3.8) is 0 Å². The van der Waals surface area contributed by atoms with Gasteiger partial charge in [0.05, 0.1) is 23.5 Å². The van der Waals surface area contributed by atoms with Gasteiger partial charge >= 0.3 is 0 Å². The minimum atomic E-state index is -0.518. The van der Waals surface area contributed by atoms with E-state index in [1.54, 1.807) is 44.7 Å². The zero-order chi connectivity index (χ0) is 21.3. The van der Waals surface area contributed by atoms with Crippen LogP contribution < -0.4 is 10.6 Å². The quantitative estimate of drug-likeness (QED) is 0.620. The number of benzene rings is 2. The number of rotatable bonds is 4. The van der Waals surface area contributed by atoms with Gasteiger partial charge in [-0.1, -0.05) is 12.1 Å².